The van der Waals surface area contributed by atoms with E-state index >= 15 is 0 Å². The molecule has 2 aromatic carbocycles. The maximum atomic E-state index is 13.4. The van der Waals surface area contributed by atoms with Crippen LogP contribution in [0.5, 0.6) is 17.2 Å². The van der Waals surface area contributed by atoms with E-state index in [1.54, 1.807) is 58.2 Å². The minimum Gasteiger partial charge on any atom is -0.493 e. The molecule has 2 atom stereocenters. The van der Waals surface area contributed by atoms with E-state index in [-0.39, 0.29) is 49.5 Å². The lowest BCUT2D eigenvalue weighted by atomic mass is 10.1. The van der Waals surface area contributed by atoms with Crippen LogP contribution in [0.15, 0.2) is 67.1 Å². The van der Waals surface area contributed by atoms with Gasteiger partial charge in [-0.3, -0.25) is 18.8 Å². The molecule has 2 aromatic heterocycles. The number of rotatable bonds is 2. The highest BCUT2D eigenvalue weighted by Gasteiger charge is 2.39. The van der Waals surface area contributed by atoms with Crippen molar-refractivity contribution in [1.29, 1.82) is 0 Å². The van der Waals surface area contributed by atoms with Gasteiger partial charge in [0.2, 0.25) is 11.7 Å². The van der Waals surface area contributed by atoms with Gasteiger partial charge in [-0.2, -0.15) is 0 Å². The number of aromatic nitrogens is 3. The van der Waals surface area contributed by atoms with E-state index in [9.17, 15) is 14.4 Å². The third kappa shape index (κ3) is 5.97. The highest BCUT2D eigenvalue weighted by Crippen LogP contribution is 2.29. The molecule has 3 amide bonds. The van der Waals surface area contributed by atoms with Crippen LogP contribution in [0.3, 0.4) is 0 Å². The van der Waals surface area contributed by atoms with E-state index in [4.69, 9.17) is 14.2 Å². The molecule has 9 rings (SSSR count). The zero-order valence-corrected chi connectivity index (χ0v) is 23.0. The van der Waals surface area contributed by atoms with Crippen LogP contribution >= 0.6 is 0 Å². The minimum atomic E-state index is -0.485. The highest BCUT2D eigenvalue weighted by atomic mass is 16.5. The molecule has 0 unspecified atom stereocenters. The Morgan fingerprint density at radius 2 is 1.88 bits per heavy atom. The molecule has 4 aromatic rings. The Hall–Kier alpha value is -5.13. The summed E-state index contributed by atoms with van der Waals surface area (Å²) < 4.78 is 19.1. The lowest BCUT2D eigenvalue weighted by molar-refractivity contribution is -0.123. The smallest absolute Gasteiger partial charge is 0.274 e. The van der Waals surface area contributed by atoms with Crippen LogP contribution in [0, 0.1) is 0 Å². The quantitative estimate of drug-likeness (QED) is 0.372. The fraction of sp³-hybridized carbons (Fsp3) is 0.300. The number of methoxy groups -OCH3 is 1. The van der Waals surface area contributed by atoms with Crippen molar-refractivity contribution in [1.82, 2.24) is 29.9 Å². The third-order valence-electron chi connectivity index (χ3n) is 7.28. The largest absolute Gasteiger partial charge is 0.493 e. The fourth-order valence-electron chi connectivity index (χ4n) is 5.07. The van der Waals surface area contributed by atoms with Crippen LogP contribution in [0.4, 0.5) is 0 Å². The Balaban J connectivity index is 1.24. The molecule has 0 radical (unpaired) electrons. The van der Waals surface area contributed by atoms with Crippen LogP contribution in [-0.2, 0) is 22.6 Å². The van der Waals surface area contributed by atoms with Crippen LogP contribution in [0.25, 0.3) is 5.78 Å². The summed E-state index contributed by atoms with van der Waals surface area (Å²) in [4.78, 5) is 49.1. The molecule has 12 nitrogen and oxygen atoms in total. The first kappa shape index (κ1) is 27.1. The molecule has 5 aliphatic rings. The fourth-order valence-corrected chi connectivity index (χ4v) is 5.07. The number of aryl methyl sites for hydroxylation is 1. The third-order valence-corrected chi connectivity index (χ3v) is 7.28. The van der Waals surface area contributed by atoms with Crippen molar-refractivity contribution < 1.29 is 28.6 Å². The molecule has 42 heavy (non-hydrogen) atoms. The molecule has 216 valence electrons. The van der Waals surface area contributed by atoms with Crippen molar-refractivity contribution in [2.24, 2.45) is 0 Å². The van der Waals surface area contributed by atoms with Gasteiger partial charge in [-0.25, -0.2) is 9.97 Å². The number of likely N-dealkylation sites (tertiary alicyclic amines) is 1. The Morgan fingerprint density at radius 1 is 1.05 bits per heavy atom. The predicted molar refractivity (Wildman–Crippen MR) is 150 cm³/mol. The number of benzene rings is 2. The number of hydrogen-bond donors (Lipinski definition) is 2. The summed E-state index contributed by atoms with van der Waals surface area (Å²) in [6.45, 7) is 0.682. The van der Waals surface area contributed by atoms with E-state index < -0.39 is 12.1 Å². The molecule has 1 saturated heterocycles. The number of fused-ring (bicyclic) bond motifs is 1. The van der Waals surface area contributed by atoms with Gasteiger partial charge in [0.05, 0.1) is 19.7 Å². The van der Waals surface area contributed by atoms with Crippen molar-refractivity contribution in [2.75, 3.05) is 26.8 Å². The van der Waals surface area contributed by atoms with Gasteiger partial charge in [0, 0.05) is 38.1 Å². The molecule has 7 heterocycles. The molecule has 0 spiro atoms. The maximum Gasteiger partial charge on any atom is 0.274 e. The summed E-state index contributed by atoms with van der Waals surface area (Å²) in [6.07, 6.45) is 5.23. The van der Waals surface area contributed by atoms with Crippen molar-refractivity contribution in [3.8, 4) is 17.2 Å². The Kier molecular flexibility index (Phi) is 7.58. The molecule has 5 aliphatic heterocycles. The number of ether oxygens (including phenoxy) is 3. The van der Waals surface area contributed by atoms with Crippen LogP contribution in [0.2, 0.25) is 0 Å². The molecule has 2 N–H and O–H groups in total. The molecule has 1 fully saturated rings. The lowest BCUT2D eigenvalue weighted by Gasteiger charge is -2.21. The van der Waals surface area contributed by atoms with E-state index in [1.807, 2.05) is 18.2 Å². The first-order valence-corrected chi connectivity index (χ1v) is 13.7. The second kappa shape index (κ2) is 11.8. The van der Waals surface area contributed by atoms with Gasteiger partial charge in [0.1, 0.15) is 17.5 Å². The monoisotopic (exact) mass is 570 g/mol. The second-order valence-electron chi connectivity index (χ2n) is 10.2. The van der Waals surface area contributed by atoms with Crippen LogP contribution < -0.4 is 24.8 Å². The number of nitrogens with one attached hydrogen (secondary N) is 2. The number of carbonyl (C=O) groups is 3. The van der Waals surface area contributed by atoms with Gasteiger partial charge in [-0.05, 0) is 47.9 Å². The van der Waals surface area contributed by atoms with Gasteiger partial charge in [-0.1, -0.05) is 18.2 Å². The standard InChI is InChI=1S/C30H30N6O6/c1-40-25-13-19-5-9-24(25)41-18-28(38)32-14-20-3-7-21(8-4-20)42-26-17-36(15-22(26)33-27(37)10-6-19)29(39)23-16-35-12-2-11-31-30(35)34-23/h2-5,7-9,11-13,16,22,26H,6,10,14-15,17-18H2,1H3,(H,32,38)(H,33,37)/t22-,26-/m0/s1. The summed E-state index contributed by atoms with van der Waals surface area (Å²) in [6, 6.07) is 14.0. The van der Waals surface area contributed by atoms with Crippen LogP contribution in [-0.4, -0.2) is 75.9 Å². The average Bonchev–Trinajstić information content (AvgIpc) is 3.62. The summed E-state index contributed by atoms with van der Waals surface area (Å²) in [7, 11) is 1.52. The van der Waals surface area contributed by atoms with Crippen molar-refractivity contribution >= 4 is 23.5 Å². The normalized spacial score (nSPS) is 19.4. The van der Waals surface area contributed by atoms with Crippen molar-refractivity contribution in [3.05, 3.63) is 83.9 Å². The van der Waals surface area contributed by atoms with Gasteiger partial charge < -0.3 is 29.7 Å². The molecule has 0 saturated carbocycles. The van der Waals surface area contributed by atoms with Crippen LogP contribution in [0.1, 0.15) is 28.0 Å². The highest BCUT2D eigenvalue weighted by molar-refractivity contribution is 5.93. The summed E-state index contributed by atoms with van der Waals surface area (Å²) >= 11 is 0. The van der Waals surface area contributed by atoms with Crippen molar-refractivity contribution in [2.45, 2.75) is 31.5 Å². The molecular formula is C30H30N6O6. The molecule has 0 aliphatic carbocycles. The first-order chi connectivity index (χ1) is 20.4. The molecular weight excluding hydrogens is 540 g/mol. The molecule has 4 bridgehead atoms. The van der Waals surface area contributed by atoms with Gasteiger partial charge in [-0.15, -0.1) is 0 Å². The van der Waals surface area contributed by atoms with E-state index in [0.717, 1.165) is 11.1 Å². The summed E-state index contributed by atoms with van der Waals surface area (Å²) in [5.74, 6) is 1.23. The van der Waals surface area contributed by atoms with Gasteiger partial charge in [0.25, 0.3) is 11.8 Å². The van der Waals surface area contributed by atoms with E-state index in [2.05, 4.69) is 20.6 Å². The number of amides is 3. The second-order valence-corrected chi connectivity index (χ2v) is 10.2. The van der Waals surface area contributed by atoms with E-state index in [1.165, 1.54) is 7.11 Å². The summed E-state index contributed by atoms with van der Waals surface area (Å²) in [5.41, 5.74) is 2.02. The predicted octanol–water partition coefficient (Wildman–Crippen LogP) is 1.77. The number of hydrogen-bond acceptors (Lipinski definition) is 8. The lowest BCUT2D eigenvalue weighted by Crippen LogP contribution is -2.45. The van der Waals surface area contributed by atoms with Gasteiger partial charge in [0.15, 0.2) is 18.1 Å². The molecule has 12 heteroatoms. The Morgan fingerprint density at radius 3 is 2.69 bits per heavy atom. The number of nitrogens with zero attached hydrogens (tertiary/aromatic N) is 4. The number of imidazole rings is 1. The average molecular weight is 571 g/mol. The topological polar surface area (TPSA) is 136 Å². The minimum absolute atomic E-state index is 0.164. The zero-order valence-electron chi connectivity index (χ0n) is 23.0. The Labute approximate surface area is 241 Å². The first-order valence-electron chi connectivity index (χ1n) is 13.7. The zero-order chi connectivity index (χ0) is 29.1. The Bertz CT molecular complexity index is 1590. The number of carbonyl (C=O) groups excluding carboxylic acids is 3. The van der Waals surface area contributed by atoms with Crippen molar-refractivity contribution in [3.63, 3.8) is 0 Å². The SMILES string of the molecule is COc1cc2ccc1OCC(=O)NCc1ccc(cc1)O[C@H]1CN(C(=O)c3cn4cccnc4n3)C[C@@H]1NC(=O)CC2. The maximum absolute atomic E-state index is 13.4. The van der Waals surface area contributed by atoms with E-state index in [0.29, 0.717) is 36.0 Å². The summed E-state index contributed by atoms with van der Waals surface area (Å²) in [5, 5.41) is 5.93. The van der Waals surface area contributed by atoms with Gasteiger partial charge >= 0.3 is 0 Å².